The highest BCUT2D eigenvalue weighted by Crippen LogP contribution is 2.36. The van der Waals surface area contributed by atoms with Gasteiger partial charge in [-0.2, -0.15) is 5.26 Å². The zero-order valence-electron chi connectivity index (χ0n) is 13.7. The van der Waals surface area contributed by atoms with Crippen LogP contribution in [-0.4, -0.2) is 38.2 Å². The van der Waals surface area contributed by atoms with Gasteiger partial charge in [0.25, 0.3) is 0 Å². The maximum Gasteiger partial charge on any atom is 0.200 e. The van der Waals surface area contributed by atoms with Gasteiger partial charge >= 0.3 is 0 Å². The topological polar surface area (TPSA) is 124 Å². The molecule has 0 amide bonds. The summed E-state index contributed by atoms with van der Waals surface area (Å²) in [6.45, 7) is 0. The number of benzene rings is 2. The predicted molar refractivity (Wildman–Crippen MR) is 93.5 cm³/mol. The summed E-state index contributed by atoms with van der Waals surface area (Å²) >= 11 is 0. The number of aromatic hydroxyl groups is 3. The van der Waals surface area contributed by atoms with Gasteiger partial charge in [-0.1, -0.05) is 0 Å². The van der Waals surface area contributed by atoms with Crippen molar-refractivity contribution in [2.45, 2.75) is 0 Å². The Hall–Kier alpha value is -3.99. The SMILES string of the molecule is COc1ccc(-n2cnc(C#N)c2/N=C/c2ccc(O)c(O)c2O)cc1. The number of ether oxygens (including phenoxy) is 1. The number of nitriles is 1. The van der Waals surface area contributed by atoms with Gasteiger partial charge in [-0.15, -0.1) is 0 Å². The molecular formula is C18H14N4O4. The number of rotatable bonds is 4. The molecule has 3 aromatic rings. The standard InChI is InChI=1S/C18H14N4O4/c1-26-13-5-3-12(4-6-13)22-10-21-14(8-19)18(22)20-9-11-2-7-15(23)17(25)16(11)24/h2-7,9-10,23-25H,1H3/b20-9+. The van der Waals surface area contributed by atoms with Crippen LogP contribution in [0.25, 0.3) is 5.69 Å². The van der Waals surface area contributed by atoms with E-state index in [4.69, 9.17) is 4.74 Å². The Morgan fingerprint density at radius 2 is 1.85 bits per heavy atom. The predicted octanol–water partition coefficient (Wildman–Crippen LogP) is 2.62. The molecule has 1 aromatic heterocycles. The van der Waals surface area contributed by atoms with E-state index in [9.17, 15) is 20.6 Å². The Morgan fingerprint density at radius 3 is 2.50 bits per heavy atom. The van der Waals surface area contributed by atoms with Crippen LogP contribution in [0.4, 0.5) is 5.82 Å². The van der Waals surface area contributed by atoms with E-state index in [2.05, 4.69) is 9.98 Å². The van der Waals surface area contributed by atoms with Crippen LogP contribution in [0.3, 0.4) is 0 Å². The molecule has 8 nitrogen and oxygen atoms in total. The van der Waals surface area contributed by atoms with Crippen LogP contribution in [-0.2, 0) is 0 Å². The molecule has 0 fully saturated rings. The van der Waals surface area contributed by atoms with Crippen LogP contribution < -0.4 is 4.74 Å². The molecular weight excluding hydrogens is 336 g/mol. The molecule has 26 heavy (non-hydrogen) atoms. The quantitative estimate of drug-likeness (QED) is 0.491. The van der Waals surface area contributed by atoms with Crippen molar-refractivity contribution in [1.82, 2.24) is 9.55 Å². The van der Waals surface area contributed by atoms with Gasteiger partial charge in [-0.3, -0.25) is 4.57 Å². The van der Waals surface area contributed by atoms with Gasteiger partial charge in [-0.05, 0) is 36.4 Å². The summed E-state index contributed by atoms with van der Waals surface area (Å²) in [6.07, 6.45) is 2.73. The number of aliphatic imine (C=N–C) groups is 1. The van der Waals surface area contributed by atoms with Crippen LogP contribution in [0, 0.1) is 11.3 Å². The highest BCUT2D eigenvalue weighted by molar-refractivity contribution is 5.87. The Kier molecular flexibility index (Phi) is 4.45. The van der Waals surface area contributed by atoms with Crippen molar-refractivity contribution in [2.75, 3.05) is 7.11 Å². The molecule has 0 saturated carbocycles. The molecule has 0 aliphatic heterocycles. The first-order chi connectivity index (χ1) is 12.5. The van der Waals surface area contributed by atoms with Gasteiger partial charge in [0, 0.05) is 17.5 Å². The smallest absolute Gasteiger partial charge is 0.200 e. The van der Waals surface area contributed by atoms with Crippen LogP contribution in [0.5, 0.6) is 23.0 Å². The summed E-state index contributed by atoms with van der Waals surface area (Å²) in [7, 11) is 1.56. The maximum absolute atomic E-state index is 9.87. The number of methoxy groups -OCH3 is 1. The number of phenols is 3. The molecule has 8 heteroatoms. The van der Waals surface area contributed by atoms with E-state index in [1.54, 1.807) is 35.9 Å². The summed E-state index contributed by atoms with van der Waals surface area (Å²) in [5, 5.41) is 38.1. The zero-order valence-corrected chi connectivity index (χ0v) is 13.7. The normalized spacial score (nSPS) is 10.8. The maximum atomic E-state index is 9.87. The second kappa shape index (κ2) is 6.86. The van der Waals surface area contributed by atoms with E-state index < -0.39 is 17.2 Å². The molecule has 130 valence electrons. The highest BCUT2D eigenvalue weighted by atomic mass is 16.5. The number of nitrogens with zero attached hydrogens (tertiary/aromatic N) is 4. The highest BCUT2D eigenvalue weighted by Gasteiger charge is 2.13. The first-order valence-corrected chi connectivity index (χ1v) is 7.45. The minimum Gasteiger partial charge on any atom is -0.504 e. The van der Waals surface area contributed by atoms with Gasteiger partial charge < -0.3 is 20.1 Å². The van der Waals surface area contributed by atoms with Crippen molar-refractivity contribution in [3.05, 3.63) is 54.0 Å². The minimum absolute atomic E-state index is 0.0968. The lowest BCUT2D eigenvalue weighted by atomic mass is 10.2. The summed E-state index contributed by atoms with van der Waals surface area (Å²) in [5.41, 5.74) is 0.982. The lowest BCUT2D eigenvalue weighted by Crippen LogP contribution is -1.93. The molecule has 3 N–H and O–H groups in total. The lowest BCUT2D eigenvalue weighted by Gasteiger charge is -2.07. The summed E-state index contributed by atoms with van der Waals surface area (Å²) in [6, 6.07) is 11.7. The van der Waals surface area contributed by atoms with E-state index in [-0.39, 0.29) is 17.1 Å². The molecule has 0 atom stereocenters. The van der Waals surface area contributed by atoms with E-state index in [0.717, 1.165) is 0 Å². The van der Waals surface area contributed by atoms with Crippen molar-refractivity contribution in [1.29, 1.82) is 5.26 Å². The fourth-order valence-electron chi connectivity index (χ4n) is 2.30. The molecule has 0 spiro atoms. The Labute approximate surface area is 148 Å². The van der Waals surface area contributed by atoms with E-state index in [1.165, 1.54) is 24.7 Å². The zero-order chi connectivity index (χ0) is 18.7. The number of hydrogen-bond donors (Lipinski definition) is 3. The fraction of sp³-hybridized carbons (Fsp3) is 0.0556. The molecule has 0 saturated heterocycles. The van der Waals surface area contributed by atoms with E-state index in [0.29, 0.717) is 11.4 Å². The van der Waals surface area contributed by atoms with E-state index >= 15 is 0 Å². The molecule has 1 heterocycles. The van der Waals surface area contributed by atoms with Gasteiger partial charge in [0.2, 0.25) is 5.75 Å². The van der Waals surface area contributed by atoms with Crippen molar-refractivity contribution in [3.8, 4) is 34.8 Å². The van der Waals surface area contributed by atoms with Gasteiger partial charge in [0.1, 0.15) is 18.1 Å². The molecule has 3 rings (SSSR count). The monoisotopic (exact) mass is 350 g/mol. The average Bonchev–Trinajstić information content (AvgIpc) is 3.08. The number of imidazole rings is 1. The number of hydrogen-bond acceptors (Lipinski definition) is 7. The second-order valence-electron chi connectivity index (χ2n) is 5.23. The molecule has 0 aliphatic carbocycles. The van der Waals surface area contributed by atoms with Crippen LogP contribution in [0.1, 0.15) is 11.3 Å². The van der Waals surface area contributed by atoms with Crippen molar-refractivity contribution in [2.24, 2.45) is 4.99 Å². The summed E-state index contributed by atoms with van der Waals surface area (Å²) < 4.78 is 6.73. The van der Waals surface area contributed by atoms with Gasteiger partial charge in [-0.25, -0.2) is 9.98 Å². The van der Waals surface area contributed by atoms with Crippen LogP contribution in [0.2, 0.25) is 0 Å². The first kappa shape index (κ1) is 16.9. The molecule has 0 radical (unpaired) electrons. The molecule has 0 unspecified atom stereocenters. The van der Waals surface area contributed by atoms with Crippen LogP contribution >= 0.6 is 0 Å². The number of phenolic OH excluding ortho intramolecular Hbond substituents is 3. The second-order valence-corrected chi connectivity index (χ2v) is 5.23. The number of aromatic nitrogens is 2. The first-order valence-electron chi connectivity index (χ1n) is 7.45. The summed E-state index contributed by atoms with van der Waals surface area (Å²) in [4.78, 5) is 8.25. The minimum atomic E-state index is -0.641. The van der Waals surface area contributed by atoms with Gasteiger partial charge in [0.05, 0.1) is 7.11 Å². The Morgan fingerprint density at radius 1 is 1.12 bits per heavy atom. The average molecular weight is 350 g/mol. The third kappa shape index (κ3) is 3.01. The largest absolute Gasteiger partial charge is 0.504 e. The van der Waals surface area contributed by atoms with Crippen molar-refractivity contribution >= 4 is 12.0 Å². The Bertz CT molecular complexity index is 1020. The lowest BCUT2D eigenvalue weighted by molar-refractivity contribution is 0.367. The van der Waals surface area contributed by atoms with Gasteiger partial charge in [0.15, 0.2) is 23.0 Å². The molecule has 2 aromatic carbocycles. The molecule has 0 aliphatic rings. The third-order valence-electron chi connectivity index (χ3n) is 3.69. The van der Waals surface area contributed by atoms with Crippen LogP contribution in [0.15, 0.2) is 47.7 Å². The Balaban J connectivity index is 2.03. The molecule has 0 bridgehead atoms. The summed E-state index contributed by atoms with van der Waals surface area (Å²) in [5.74, 6) is -0.657. The third-order valence-corrected chi connectivity index (χ3v) is 3.69. The van der Waals surface area contributed by atoms with Crippen molar-refractivity contribution < 1.29 is 20.1 Å². The van der Waals surface area contributed by atoms with E-state index in [1.807, 2.05) is 6.07 Å². The fourth-order valence-corrected chi connectivity index (χ4v) is 2.30. The van der Waals surface area contributed by atoms with Crippen molar-refractivity contribution in [3.63, 3.8) is 0 Å².